The molecule has 0 atom stereocenters. The van der Waals surface area contributed by atoms with E-state index >= 15 is 0 Å². The minimum absolute atomic E-state index is 0.224. The maximum atomic E-state index is 12.5. The molecule has 0 radical (unpaired) electrons. The maximum absolute atomic E-state index is 12.5. The molecule has 2 aromatic carbocycles. The van der Waals surface area contributed by atoms with Crippen molar-refractivity contribution < 1.29 is 9.53 Å². The molecule has 26 heavy (non-hydrogen) atoms. The van der Waals surface area contributed by atoms with Crippen LogP contribution in [0.2, 0.25) is 0 Å². The zero-order chi connectivity index (χ0) is 18.4. The number of aryl methyl sites for hydroxylation is 1. The zero-order valence-corrected chi connectivity index (χ0v) is 14.9. The number of hydrogen-bond acceptors (Lipinski definition) is 4. The highest BCUT2D eigenvalue weighted by Gasteiger charge is 2.12. The van der Waals surface area contributed by atoms with E-state index in [9.17, 15) is 4.79 Å². The third-order valence-electron chi connectivity index (χ3n) is 3.90. The van der Waals surface area contributed by atoms with Gasteiger partial charge in [0.25, 0.3) is 5.91 Å². The summed E-state index contributed by atoms with van der Waals surface area (Å²) in [5.74, 6) is 1.25. The summed E-state index contributed by atoms with van der Waals surface area (Å²) in [5.41, 5.74) is 2.97. The molecule has 1 amide bonds. The Kier molecular flexibility index (Phi) is 5.59. The molecule has 0 fully saturated rings. The number of carbonyl (C=O) groups excluding carboxylic acids is 1. The molecule has 1 N–H and O–H groups in total. The van der Waals surface area contributed by atoms with Gasteiger partial charge >= 0.3 is 0 Å². The van der Waals surface area contributed by atoms with E-state index in [1.165, 1.54) is 0 Å². The summed E-state index contributed by atoms with van der Waals surface area (Å²) in [6, 6.07) is 17.3. The standard InChI is InChI=1S/C21H21N3O2/c1-3-26-18-11-9-17(10-12-18)24-21(25)19-14-22-20(23-15(19)2)13-16-7-5-4-6-8-16/h4-12,14H,3,13H2,1-2H3,(H,24,25). The number of benzene rings is 2. The van der Waals surface area contributed by atoms with E-state index in [-0.39, 0.29) is 5.91 Å². The van der Waals surface area contributed by atoms with Crippen molar-refractivity contribution in [3.63, 3.8) is 0 Å². The first-order valence-corrected chi connectivity index (χ1v) is 8.56. The van der Waals surface area contributed by atoms with Crippen LogP contribution >= 0.6 is 0 Å². The highest BCUT2D eigenvalue weighted by molar-refractivity contribution is 6.04. The summed E-state index contributed by atoms with van der Waals surface area (Å²) in [6.45, 7) is 4.36. The number of nitrogens with one attached hydrogen (secondary N) is 1. The fraction of sp³-hybridized carbons (Fsp3) is 0.190. The van der Waals surface area contributed by atoms with Crippen molar-refractivity contribution >= 4 is 11.6 Å². The lowest BCUT2D eigenvalue weighted by Gasteiger charge is -2.09. The second-order valence-corrected chi connectivity index (χ2v) is 5.86. The van der Waals surface area contributed by atoms with Crippen molar-refractivity contribution in [3.05, 3.63) is 83.4 Å². The Bertz CT molecular complexity index is 878. The summed E-state index contributed by atoms with van der Waals surface area (Å²) in [4.78, 5) is 21.3. The van der Waals surface area contributed by atoms with Crippen molar-refractivity contribution in [2.75, 3.05) is 11.9 Å². The fourth-order valence-corrected chi connectivity index (χ4v) is 2.60. The molecule has 3 rings (SSSR count). The largest absolute Gasteiger partial charge is 0.494 e. The van der Waals surface area contributed by atoms with Crippen LogP contribution in [0, 0.1) is 6.92 Å². The number of carbonyl (C=O) groups is 1. The van der Waals surface area contributed by atoms with Gasteiger partial charge in [-0.25, -0.2) is 9.97 Å². The smallest absolute Gasteiger partial charge is 0.259 e. The molecule has 0 saturated carbocycles. The van der Waals surface area contributed by atoms with Gasteiger partial charge in [-0.2, -0.15) is 0 Å². The molecule has 1 aromatic heterocycles. The molecule has 0 bridgehead atoms. The SMILES string of the molecule is CCOc1ccc(NC(=O)c2cnc(Cc3ccccc3)nc2C)cc1. The average molecular weight is 347 g/mol. The lowest BCUT2D eigenvalue weighted by molar-refractivity contribution is 0.102. The van der Waals surface area contributed by atoms with Crippen LogP contribution in [0.25, 0.3) is 0 Å². The van der Waals surface area contributed by atoms with Crippen molar-refractivity contribution in [3.8, 4) is 5.75 Å². The molecule has 0 aliphatic rings. The van der Waals surface area contributed by atoms with Crippen molar-refractivity contribution in [1.82, 2.24) is 9.97 Å². The summed E-state index contributed by atoms with van der Waals surface area (Å²) >= 11 is 0. The van der Waals surface area contributed by atoms with E-state index in [1.807, 2.05) is 68.4 Å². The molecule has 0 saturated heterocycles. The van der Waals surface area contributed by atoms with E-state index in [0.29, 0.717) is 35.8 Å². The lowest BCUT2D eigenvalue weighted by Crippen LogP contribution is -2.15. The van der Waals surface area contributed by atoms with E-state index in [0.717, 1.165) is 11.3 Å². The highest BCUT2D eigenvalue weighted by atomic mass is 16.5. The predicted octanol–water partition coefficient (Wildman–Crippen LogP) is 4.03. The van der Waals surface area contributed by atoms with E-state index in [1.54, 1.807) is 6.20 Å². The molecular formula is C21H21N3O2. The Morgan fingerprint density at radius 2 is 1.81 bits per heavy atom. The molecule has 0 aliphatic heterocycles. The second kappa shape index (κ2) is 8.25. The predicted molar refractivity (Wildman–Crippen MR) is 102 cm³/mol. The molecule has 1 heterocycles. The van der Waals surface area contributed by atoms with Gasteiger partial charge in [0.15, 0.2) is 0 Å². The third kappa shape index (κ3) is 4.45. The van der Waals surface area contributed by atoms with Crippen molar-refractivity contribution in [2.24, 2.45) is 0 Å². The van der Waals surface area contributed by atoms with Crippen LogP contribution in [0.3, 0.4) is 0 Å². The van der Waals surface area contributed by atoms with Gasteiger partial charge in [-0.1, -0.05) is 30.3 Å². The molecule has 0 spiro atoms. The quantitative estimate of drug-likeness (QED) is 0.731. The number of rotatable bonds is 6. The molecule has 5 heteroatoms. The summed E-state index contributed by atoms with van der Waals surface area (Å²) < 4.78 is 5.40. The minimum atomic E-state index is -0.224. The molecule has 0 aliphatic carbocycles. The Hall–Kier alpha value is -3.21. The van der Waals surface area contributed by atoms with Crippen molar-refractivity contribution in [1.29, 1.82) is 0 Å². The first-order valence-electron chi connectivity index (χ1n) is 8.56. The summed E-state index contributed by atoms with van der Waals surface area (Å²) in [6.07, 6.45) is 2.23. The van der Waals surface area contributed by atoms with Gasteiger partial charge in [0.2, 0.25) is 0 Å². The van der Waals surface area contributed by atoms with E-state index in [2.05, 4.69) is 15.3 Å². The van der Waals surface area contributed by atoms with Crippen LogP contribution < -0.4 is 10.1 Å². The van der Waals surface area contributed by atoms with Crippen LogP contribution in [-0.2, 0) is 6.42 Å². The van der Waals surface area contributed by atoms with Crippen LogP contribution in [0.15, 0.2) is 60.8 Å². The Labute approximate surface area is 153 Å². The van der Waals surface area contributed by atoms with Gasteiger partial charge in [0, 0.05) is 18.3 Å². The number of hydrogen-bond donors (Lipinski definition) is 1. The normalized spacial score (nSPS) is 10.4. The van der Waals surface area contributed by atoms with Crippen molar-refractivity contribution in [2.45, 2.75) is 20.3 Å². The number of amides is 1. The maximum Gasteiger partial charge on any atom is 0.259 e. The van der Waals surface area contributed by atoms with Gasteiger partial charge in [0.05, 0.1) is 17.9 Å². The van der Waals surface area contributed by atoms with Gasteiger partial charge < -0.3 is 10.1 Å². The monoisotopic (exact) mass is 347 g/mol. The number of ether oxygens (including phenoxy) is 1. The Balaban J connectivity index is 1.69. The van der Waals surface area contributed by atoms with Crippen LogP contribution in [0.5, 0.6) is 5.75 Å². The molecule has 132 valence electrons. The van der Waals surface area contributed by atoms with Gasteiger partial charge in [-0.15, -0.1) is 0 Å². The van der Waals surface area contributed by atoms with Gasteiger partial charge in [0.1, 0.15) is 11.6 Å². The first kappa shape index (κ1) is 17.6. The third-order valence-corrected chi connectivity index (χ3v) is 3.90. The molecule has 5 nitrogen and oxygen atoms in total. The Morgan fingerprint density at radius 1 is 1.08 bits per heavy atom. The van der Waals surface area contributed by atoms with E-state index < -0.39 is 0 Å². The fourth-order valence-electron chi connectivity index (χ4n) is 2.60. The lowest BCUT2D eigenvalue weighted by atomic mass is 10.1. The van der Waals surface area contributed by atoms with Crippen LogP contribution in [0.4, 0.5) is 5.69 Å². The topological polar surface area (TPSA) is 64.1 Å². The summed E-state index contributed by atoms with van der Waals surface area (Å²) in [7, 11) is 0. The Morgan fingerprint density at radius 3 is 2.46 bits per heavy atom. The van der Waals surface area contributed by atoms with Crippen LogP contribution in [0.1, 0.15) is 34.4 Å². The first-order chi connectivity index (χ1) is 12.7. The molecule has 0 unspecified atom stereocenters. The van der Waals surface area contributed by atoms with E-state index in [4.69, 9.17) is 4.74 Å². The highest BCUT2D eigenvalue weighted by Crippen LogP contribution is 2.17. The number of aromatic nitrogens is 2. The van der Waals surface area contributed by atoms with Gasteiger partial charge in [-0.05, 0) is 43.7 Å². The number of anilines is 1. The van der Waals surface area contributed by atoms with Crippen LogP contribution in [-0.4, -0.2) is 22.5 Å². The molecule has 3 aromatic rings. The molecular weight excluding hydrogens is 326 g/mol. The minimum Gasteiger partial charge on any atom is -0.494 e. The summed E-state index contributed by atoms with van der Waals surface area (Å²) in [5, 5.41) is 2.86. The number of nitrogens with zero attached hydrogens (tertiary/aromatic N) is 2. The average Bonchev–Trinajstić information content (AvgIpc) is 2.64. The second-order valence-electron chi connectivity index (χ2n) is 5.86. The zero-order valence-electron chi connectivity index (χ0n) is 14.9. The van der Waals surface area contributed by atoms with Gasteiger partial charge in [-0.3, -0.25) is 4.79 Å².